The Morgan fingerprint density at radius 2 is 1.89 bits per heavy atom. The van der Waals surface area contributed by atoms with Crippen molar-refractivity contribution in [3.63, 3.8) is 0 Å². The van der Waals surface area contributed by atoms with Gasteiger partial charge in [-0.05, 0) is 36.8 Å². The van der Waals surface area contributed by atoms with Crippen LogP contribution in [0.15, 0.2) is 28.8 Å². The third-order valence-electron chi connectivity index (χ3n) is 4.01. The van der Waals surface area contributed by atoms with Gasteiger partial charge in [0.1, 0.15) is 0 Å². The molecule has 0 unspecified atom stereocenters. The largest absolute Gasteiger partial charge is 0.339 e. The van der Waals surface area contributed by atoms with E-state index >= 15 is 0 Å². The molecule has 4 rings (SSSR count). The molecule has 1 fully saturated rings. The lowest BCUT2D eigenvalue weighted by Crippen LogP contribution is -2.16. The Morgan fingerprint density at radius 1 is 1.16 bits per heavy atom. The molecule has 2 aliphatic carbocycles. The second-order valence-electron chi connectivity index (χ2n) is 5.58. The molecule has 1 heterocycles. The van der Waals surface area contributed by atoms with Gasteiger partial charge in [-0.1, -0.05) is 29.4 Å². The van der Waals surface area contributed by atoms with Gasteiger partial charge < -0.3 is 9.84 Å². The van der Waals surface area contributed by atoms with Crippen molar-refractivity contribution in [2.45, 2.75) is 44.2 Å². The highest BCUT2D eigenvalue weighted by molar-refractivity contribution is 5.34. The van der Waals surface area contributed by atoms with E-state index in [0.717, 1.165) is 31.1 Å². The first kappa shape index (κ1) is 11.2. The van der Waals surface area contributed by atoms with E-state index in [4.69, 9.17) is 4.52 Å². The van der Waals surface area contributed by atoms with Crippen LogP contribution in [0.3, 0.4) is 0 Å². The van der Waals surface area contributed by atoms with Gasteiger partial charge in [-0.25, -0.2) is 0 Å². The van der Waals surface area contributed by atoms with Gasteiger partial charge in [0.05, 0.1) is 6.54 Å². The average Bonchev–Trinajstić information content (AvgIpc) is 2.99. The highest BCUT2D eigenvalue weighted by atomic mass is 16.5. The van der Waals surface area contributed by atoms with Gasteiger partial charge in [-0.15, -0.1) is 0 Å². The summed E-state index contributed by atoms with van der Waals surface area (Å²) in [4.78, 5) is 4.53. The number of aromatic nitrogens is 2. The van der Waals surface area contributed by atoms with Crippen LogP contribution >= 0.6 is 0 Å². The molecule has 1 saturated carbocycles. The molecule has 0 spiro atoms. The predicted octanol–water partition coefficient (Wildman–Crippen LogP) is 2.20. The fourth-order valence-corrected chi connectivity index (χ4v) is 2.76. The second kappa shape index (κ2) is 4.46. The summed E-state index contributed by atoms with van der Waals surface area (Å²) in [6.45, 7) is 0.730. The van der Waals surface area contributed by atoms with Crippen LogP contribution in [-0.4, -0.2) is 16.2 Å². The lowest BCUT2D eigenvalue weighted by Gasteiger charge is -2.00. The Kier molecular flexibility index (Phi) is 2.62. The molecule has 0 radical (unpaired) electrons. The molecule has 1 aromatic carbocycles. The van der Waals surface area contributed by atoms with Crippen molar-refractivity contribution in [2.75, 3.05) is 0 Å². The van der Waals surface area contributed by atoms with E-state index in [1.165, 1.54) is 24.0 Å². The van der Waals surface area contributed by atoms with Crippen LogP contribution in [0, 0.1) is 0 Å². The van der Waals surface area contributed by atoms with E-state index in [1.807, 2.05) is 0 Å². The molecular formula is C15H17N3O. The molecule has 0 atom stereocenters. The first-order valence-electron chi connectivity index (χ1n) is 7.01. The van der Waals surface area contributed by atoms with Gasteiger partial charge in [0.25, 0.3) is 0 Å². The van der Waals surface area contributed by atoms with Crippen LogP contribution in [0.5, 0.6) is 0 Å². The zero-order chi connectivity index (χ0) is 12.7. The maximum Gasteiger partial charge on any atom is 0.230 e. The second-order valence-corrected chi connectivity index (χ2v) is 5.58. The summed E-state index contributed by atoms with van der Waals surface area (Å²) in [5.41, 5.74) is 2.84. The maximum atomic E-state index is 5.43. The molecule has 4 nitrogen and oxygen atoms in total. The van der Waals surface area contributed by atoms with Gasteiger partial charge >= 0.3 is 0 Å². The van der Waals surface area contributed by atoms with Crippen molar-refractivity contribution in [3.05, 3.63) is 47.1 Å². The zero-order valence-electron chi connectivity index (χ0n) is 10.8. The first-order chi connectivity index (χ1) is 9.38. The quantitative estimate of drug-likeness (QED) is 0.910. The monoisotopic (exact) mass is 255 g/mol. The number of fused-ring (bicyclic) bond motifs is 1. The van der Waals surface area contributed by atoms with Gasteiger partial charge in [-0.3, -0.25) is 0 Å². The molecule has 0 aliphatic heterocycles. The standard InChI is InChI=1S/C15H17N3O/c1-2-4-11-8-12(7-10(11)3-1)15-17-14(18-19-15)9-16-13-5-6-13/h1-4,12-13,16H,5-9H2. The molecule has 4 heteroatoms. The minimum atomic E-state index is 0.361. The highest BCUT2D eigenvalue weighted by Gasteiger charge is 2.27. The molecule has 98 valence electrons. The summed E-state index contributed by atoms with van der Waals surface area (Å²) in [6, 6.07) is 9.26. The van der Waals surface area contributed by atoms with Gasteiger partial charge in [0, 0.05) is 12.0 Å². The molecule has 2 aliphatic rings. The van der Waals surface area contributed by atoms with Crippen molar-refractivity contribution in [2.24, 2.45) is 0 Å². The van der Waals surface area contributed by atoms with Crippen molar-refractivity contribution < 1.29 is 4.52 Å². The van der Waals surface area contributed by atoms with Crippen LogP contribution in [-0.2, 0) is 19.4 Å². The van der Waals surface area contributed by atoms with E-state index < -0.39 is 0 Å². The molecule has 0 bridgehead atoms. The number of nitrogens with one attached hydrogen (secondary N) is 1. The van der Waals surface area contributed by atoms with Gasteiger partial charge in [0.15, 0.2) is 5.82 Å². The fourth-order valence-electron chi connectivity index (χ4n) is 2.76. The lowest BCUT2D eigenvalue weighted by molar-refractivity contribution is 0.350. The minimum Gasteiger partial charge on any atom is -0.339 e. The number of rotatable bonds is 4. The summed E-state index contributed by atoms with van der Waals surface area (Å²) in [6.07, 6.45) is 4.60. The summed E-state index contributed by atoms with van der Waals surface area (Å²) in [7, 11) is 0. The third-order valence-corrected chi connectivity index (χ3v) is 4.01. The molecule has 1 aromatic heterocycles. The number of nitrogens with zero attached hydrogens (tertiary/aromatic N) is 2. The van der Waals surface area contributed by atoms with Gasteiger partial charge in [0.2, 0.25) is 5.89 Å². The first-order valence-corrected chi connectivity index (χ1v) is 7.01. The Bertz CT molecular complexity index is 564. The number of hydrogen-bond donors (Lipinski definition) is 1. The summed E-state index contributed by atoms with van der Waals surface area (Å²) >= 11 is 0. The van der Waals surface area contributed by atoms with Crippen LogP contribution in [0.4, 0.5) is 0 Å². The van der Waals surface area contributed by atoms with Crippen molar-refractivity contribution in [3.8, 4) is 0 Å². The highest BCUT2D eigenvalue weighted by Crippen LogP contribution is 2.32. The van der Waals surface area contributed by atoms with E-state index in [1.54, 1.807) is 0 Å². The lowest BCUT2D eigenvalue weighted by atomic mass is 10.1. The van der Waals surface area contributed by atoms with Crippen molar-refractivity contribution >= 4 is 0 Å². The molecule has 19 heavy (non-hydrogen) atoms. The Morgan fingerprint density at radius 3 is 2.58 bits per heavy atom. The Hall–Kier alpha value is -1.68. The Labute approximate surface area is 112 Å². The summed E-state index contributed by atoms with van der Waals surface area (Å²) in [5.74, 6) is 1.95. The van der Waals surface area contributed by atoms with E-state index in [0.29, 0.717) is 12.0 Å². The SMILES string of the molecule is c1ccc2c(c1)CC(c1nc(CNC3CC3)no1)C2. The van der Waals surface area contributed by atoms with Crippen molar-refractivity contribution in [1.29, 1.82) is 0 Å². The summed E-state index contributed by atoms with van der Waals surface area (Å²) < 4.78 is 5.43. The van der Waals surface area contributed by atoms with Crippen molar-refractivity contribution in [1.82, 2.24) is 15.5 Å². The normalized spacial score (nSPS) is 18.7. The zero-order valence-corrected chi connectivity index (χ0v) is 10.8. The molecule has 2 aromatic rings. The molecule has 0 saturated heterocycles. The third kappa shape index (κ3) is 2.28. The van der Waals surface area contributed by atoms with Crippen LogP contribution in [0.2, 0.25) is 0 Å². The van der Waals surface area contributed by atoms with Gasteiger partial charge in [-0.2, -0.15) is 4.98 Å². The topological polar surface area (TPSA) is 51.0 Å². The maximum absolute atomic E-state index is 5.43. The van der Waals surface area contributed by atoms with Crippen LogP contribution < -0.4 is 5.32 Å². The van der Waals surface area contributed by atoms with E-state index in [-0.39, 0.29) is 0 Å². The number of hydrogen-bond acceptors (Lipinski definition) is 4. The smallest absolute Gasteiger partial charge is 0.230 e. The van der Waals surface area contributed by atoms with Crippen LogP contribution in [0.25, 0.3) is 0 Å². The molecule has 0 amide bonds. The summed E-state index contributed by atoms with van der Waals surface area (Å²) in [5, 5.41) is 7.48. The van der Waals surface area contributed by atoms with Crippen LogP contribution in [0.1, 0.15) is 41.6 Å². The fraction of sp³-hybridized carbons (Fsp3) is 0.467. The van der Waals surface area contributed by atoms with E-state index in [9.17, 15) is 0 Å². The number of benzene rings is 1. The predicted molar refractivity (Wildman–Crippen MR) is 70.8 cm³/mol. The van der Waals surface area contributed by atoms with E-state index in [2.05, 4.69) is 39.7 Å². The minimum absolute atomic E-state index is 0.361. The average molecular weight is 255 g/mol. The Balaban J connectivity index is 1.45. The molecule has 1 N–H and O–H groups in total. The molecular weight excluding hydrogens is 238 g/mol.